The fourth-order valence-electron chi connectivity index (χ4n) is 3.33. The molecule has 7 nitrogen and oxygen atoms in total. The first-order valence-electron chi connectivity index (χ1n) is 8.03. The first-order valence-corrected chi connectivity index (χ1v) is 9.85. The Bertz CT molecular complexity index is 787. The highest BCUT2D eigenvalue weighted by atomic mass is 35.5. The van der Waals surface area contributed by atoms with Crippen LogP contribution in [0.3, 0.4) is 0 Å². The molecule has 1 aromatic carbocycles. The Balaban J connectivity index is 1.77. The second-order valence-corrected chi connectivity index (χ2v) is 8.43. The minimum atomic E-state index is -3.77. The second-order valence-electron chi connectivity index (χ2n) is 6.09. The number of rotatable bonds is 4. The van der Waals surface area contributed by atoms with E-state index in [0.29, 0.717) is 17.9 Å². The van der Waals surface area contributed by atoms with Crippen molar-refractivity contribution in [3.63, 3.8) is 0 Å². The van der Waals surface area contributed by atoms with Crippen LogP contribution in [0.1, 0.15) is 25.7 Å². The van der Waals surface area contributed by atoms with Gasteiger partial charge in [-0.1, -0.05) is 11.6 Å². The molecule has 2 amide bonds. The summed E-state index contributed by atoms with van der Waals surface area (Å²) in [5, 5.41) is 0.308. The van der Waals surface area contributed by atoms with E-state index in [-0.39, 0.29) is 54.4 Å². The molecule has 0 spiro atoms. The van der Waals surface area contributed by atoms with Gasteiger partial charge in [0, 0.05) is 37.0 Å². The zero-order valence-electron chi connectivity index (χ0n) is 13.8. The Labute approximate surface area is 151 Å². The molecular weight excluding hydrogens is 368 g/mol. The van der Waals surface area contributed by atoms with Crippen LogP contribution < -0.4 is 4.74 Å². The average Bonchev–Trinajstić information content (AvgIpc) is 2.93. The standard InChI is InChI=1S/C16H19ClN2O5S/c1-24-13-3-2-11(17)10-14(13)25(22,23)18-8-6-12(7-9-18)19-15(20)4-5-16(19)21/h2-3,10,12H,4-9H2,1H3. The lowest BCUT2D eigenvalue weighted by molar-refractivity contribution is -0.141. The number of carbonyl (C=O) groups is 2. The molecule has 2 heterocycles. The zero-order chi connectivity index (χ0) is 18.2. The molecule has 0 N–H and O–H groups in total. The van der Waals surface area contributed by atoms with Crippen molar-refractivity contribution in [2.24, 2.45) is 0 Å². The van der Waals surface area contributed by atoms with E-state index in [2.05, 4.69) is 0 Å². The molecule has 0 atom stereocenters. The van der Waals surface area contributed by atoms with E-state index in [1.807, 2.05) is 0 Å². The largest absolute Gasteiger partial charge is 0.495 e. The molecule has 2 saturated heterocycles. The van der Waals surface area contributed by atoms with Crippen molar-refractivity contribution in [1.82, 2.24) is 9.21 Å². The molecule has 0 aromatic heterocycles. The van der Waals surface area contributed by atoms with Crippen LogP contribution in [0.5, 0.6) is 5.75 Å². The van der Waals surface area contributed by atoms with Crippen LogP contribution in [-0.4, -0.2) is 55.7 Å². The molecule has 9 heteroatoms. The number of hydrogen-bond donors (Lipinski definition) is 0. The summed E-state index contributed by atoms with van der Waals surface area (Å²) >= 11 is 5.94. The number of carbonyl (C=O) groups excluding carboxylic acids is 2. The van der Waals surface area contributed by atoms with Crippen molar-refractivity contribution in [3.05, 3.63) is 23.2 Å². The van der Waals surface area contributed by atoms with Crippen molar-refractivity contribution < 1.29 is 22.7 Å². The van der Waals surface area contributed by atoms with E-state index in [1.165, 1.54) is 28.4 Å². The third-order valence-corrected chi connectivity index (χ3v) is 6.78. The van der Waals surface area contributed by atoms with Crippen LogP contribution in [-0.2, 0) is 19.6 Å². The zero-order valence-corrected chi connectivity index (χ0v) is 15.3. The first-order chi connectivity index (χ1) is 11.8. The molecule has 0 radical (unpaired) electrons. The number of likely N-dealkylation sites (tertiary alicyclic amines) is 1. The van der Waals surface area contributed by atoms with E-state index in [4.69, 9.17) is 16.3 Å². The predicted molar refractivity (Wildman–Crippen MR) is 90.9 cm³/mol. The third-order valence-electron chi connectivity index (χ3n) is 4.62. The maximum Gasteiger partial charge on any atom is 0.246 e. The van der Waals surface area contributed by atoms with Gasteiger partial charge in [0.15, 0.2) is 0 Å². The lowest BCUT2D eigenvalue weighted by atomic mass is 10.1. The molecule has 0 saturated carbocycles. The van der Waals surface area contributed by atoms with Gasteiger partial charge in [-0.2, -0.15) is 4.31 Å². The maximum atomic E-state index is 12.9. The van der Waals surface area contributed by atoms with Gasteiger partial charge >= 0.3 is 0 Å². The number of hydrogen-bond acceptors (Lipinski definition) is 5. The van der Waals surface area contributed by atoms with Crippen molar-refractivity contribution in [3.8, 4) is 5.75 Å². The highest BCUT2D eigenvalue weighted by Gasteiger charge is 2.39. The summed E-state index contributed by atoms with van der Waals surface area (Å²) in [6.07, 6.45) is 1.35. The topological polar surface area (TPSA) is 84.0 Å². The van der Waals surface area contributed by atoms with Crippen LogP contribution >= 0.6 is 11.6 Å². The van der Waals surface area contributed by atoms with E-state index in [1.54, 1.807) is 6.07 Å². The lowest BCUT2D eigenvalue weighted by Crippen LogP contribution is -2.48. The Morgan fingerprint density at radius 1 is 1.12 bits per heavy atom. The highest BCUT2D eigenvalue weighted by molar-refractivity contribution is 7.89. The van der Waals surface area contributed by atoms with Gasteiger partial charge in [-0.3, -0.25) is 14.5 Å². The van der Waals surface area contributed by atoms with Gasteiger partial charge < -0.3 is 4.74 Å². The van der Waals surface area contributed by atoms with Gasteiger partial charge in [0.25, 0.3) is 0 Å². The maximum absolute atomic E-state index is 12.9. The summed E-state index contributed by atoms with van der Waals surface area (Å²) in [7, 11) is -2.36. The van der Waals surface area contributed by atoms with Gasteiger partial charge in [0.2, 0.25) is 21.8 Å². The van der Waals surface area contributed by atoms with E-state index >= 15 is 0 Å². The summed E-state index contributed by atoms with van der Waals surface area (Å²) in [6.45, 7) is 0.472. The van der Waals surface area contributed by atoms with Gasteiger partial charge in [-0.15, -0.1) is 0 Å². The second kappa shape index (κ2) is 6.93. The molecule has 0 unspecified atom stereocenters. The summed E-state index contributed by atoms with van der Waals surface area (Å²) in [6, 6.07) is 4.23. The van der Waals surface area contributed by atoms with Crippen molar-refractivity contribution >= 4 is 33.4 Å². The fraction of sp³-hybridized carbons (Fsp3) is 0.500. The number of piperidine rings is 1. The van der Waals surface area contributed by atoms with Crippen LogP contribution in [0, 0.1) is 0 Å². The molecule has 2 aliphatic rings. The molecule has 0 bridgehead atoms. The van der Waals surface area contributed by atoms with Gasteiger partial charge in [0.05, 0.1) is 7.11 Å². The SMILES string of the molecule is COc1ccc(Cl)cc1S(=O)(=O)N1CCC(N2C(=O)CCC2=O)CC1. The fourth-order valence-corrected chi connectivity index (χ4v) is 5.22. The summed E-state index contributed by atoms with van der Waals surface area (Å²) in [5.74, 6) is -0.0953. The smallest absolute Gasteiger partial charge is 0.246 e. The van der Waals surface area contributed by atoms with Crippen LogP contribution in [0.4, 0.5) is 0 Å². The average molecular weight is 387 g/mol. The molecule has 1 aromatic rings. The molecule has 136 valence electrons. The molecule has 2 aliphatic heterocycles. The monoisotopic (exact) mass is 386 g/mol. The molecule has 3 rings (SSSR count). The summed E-state index contributed by atoms with van der Waals surface area (Å²) < 4.78 is 32.3. The molecule has 25 heavy (non-hydrogen) atoms. The van der Waals surface area contributed by atoms with Crippen LogP contribution in [0.25, 0.3) is 0 Å². The lowest BCUT2D eigenvalue weighted by Gasteiger charge is -2.35. The number of halogens is 1. The number of methoxy groups -OCH3 is 1. The number of ether oxygens (including phenoxy) is 1. The van der Waals surface area contributed by atoms with E-state index in [0.717, 1.165) is 0 Å². The normalized spacial score (nSPS) is 20.3. The number of sulfonamides is 1. The summed E-state index contributed by atoms with van der Waals surface area (Å²) in [5.41, 5.74) is 0. The van der Waals surface area contributed by atoms with Crippen LogP contribution in [0.15, 0.2) is 23.1 Å². The minimum Gasteiger partial charge on any atom is -0.495 e. The molecular formula is C16H19ClN2O5S. The quantitative estimate of drug-likeness (QED) is 0.734. The third kappa shape index (κ3) is 3.38. The number of amides is 2. The van der Waals surface area contributed by atoms with Gasteiger partial charge in [-0.05, 0) is 31.0 Å². The Kier molecular flexibility index (Phi) is 5.04. The Morgan fingerprint density at radius 3 is 2.28 bits per heavy atom. The van der Waals surface area contributed by atoms with Crippen molar-refractivity contribution in [2.75, 3.05) is 20.2 Å². The van der Waals surface area contributed by atoms with Crippen molar-refractivity contribution in [2.45, 2.75) is 36.6 Å². The Hall–Kier alpha value is -1.64. The number of benzene rings is 1. The van der Waals surface area contributed by atoms with E-state index in [9.17, 15) is 18.0 Å². The summed E-state index contributed by atoms with van der Waals surface area (Å²) in [4.78, 5) is 25.0. The predicted octanol–water partition coefficient (Wildman–Crippen LogP) is 1.65. The van der Waals surface area contributed by atoms with Crippen LogP contribution in [0.2, 0.25) is 5.02 Å². The van der Waals surface area contributed by atoms with E-state index < -0.39 is 10.0 Å². The Morgan fingerprint density at radius 2 is 1.72 bits per heavy atom. The minimum absolute atomic E-state index is 0.0225. The molecule has 0 aliphatic carbocycles. The molecule has 2 fully saturated rings. The highest BCUT2D eigenvalue weighted by Crippen LogP contribution is 2.32. The van der Waals surface area contributed by atoms with Gasteiger partial charge in [-0.25, -0.2) is 8.42 Å². The first kappa shape index (κ1) is 18.2. The van der Waals surface area contributed by atoms with Crippen molar-refractivity contribution in [1.29, 1.82) is 0 Å². The van der Waals surface area contributed by atoms with Gasteiger partial charge in [0.1, 0.15) is 10.6 Å². The number of imide groups is 1. The number of nitrogens with zero attached hydrogens (tertiary/aromatic N) is 2.